The third-order valence-electron chi connectivity index (χ3n) is 4.85. The highest BCUT2D eigenvalue weighted by atomic mass is 32.2. The van der Waals surface area contributed by atoms with Crippen molar-refractivity contribution in [3.8, 4) is 28.3 Å². The summed E-state index contributed by atoms with van der Waals surface area (Å²) in [6.07, 6.45) is 1.58. The lowest BCUT2D eigenvalue weighted by molar-refractivity contribution is 0.411. The van der Waals surface area contributed by atoms with Crippen LogP contribution in [0.15, 0.2) is 82.1 Å². The van der Waals surface area contributed by atoms with Crippen LogP contribution >= 0.6 is 0 Å². The number of benzene rings is 3. The maximum atomic E-state index is 14.8. The first-order valence-corrected chi connectivity index (χ1v) is 11.4. The number of oxazole rings is 1. The number of hydrogen-bond acceptors (Lipinski definition) is 5. The van der Waals surface area contributed by atoms with E-state index in [4.69, 9.17) is 9.15 Å². The zero-order valence-corrected chi connectivity index (χ0v) is 17.8. The van der Waals surface area contributed by atoms with Gasteiger partial charge in [-0.05, 0) is 42.0 Å². The quantitative estimate of drug-likeness (QED) is 0.417. The fourth-order valence-corrected chi connectivity index (χ4v) is 3.89. The van der Waals surface area contributed by atoms with Crippen LogP contribution < -0.4 is 4.74 Å². The molecule has 5 nitrogen and oxygen atoms in total. The number of methoxy groups -OCH3 is 1. The summed E-state index contributed by atoms with van der Waals surface area (Å²) in [7, 11) is -1.86. The van der Waals surface area contributed by atoms with Crippen molar-refractivity contribution in [1.29, 1.82) is 0 Å². The molecule has 7 heteroatoms. The van der Waals surface area contributed by atoms with E-state index in [0.717, 1.165) is 11.8 Å². The minimum atomic E-state index is -3.33. The molecule has 0 bridgehead atoms. The maximum absolute atomic E-state index is 14.8. The van der Waals surface area contributed by atoms with Crippen LogP contribution in [0.4, 0.5) is 4.39 Å². The SMILES string of the molecule is COc1ccc(-c2nc(Cc3ccccc3)oc2-c2ccc(S(C)(=O)=O)cc2)c(F)c1. The lowest BCUT2D eigenvalue weighted by Crippen LogP contribution is -1.96. The van der Waals surface area contributed by atoms with Gasteiger partial charge in [-0.3, -0.25) is 0 Å². The molecule has 0 aliphatic carbocycles. The summed E-state index contributed by atoms with van der Waals surface area (Å²) in [5.74, 6) is 0.704. The summed E-state index contributed by atoms with van der Waals surface area (Å²) in [5, 5.41) is 0. The Morgan fingerprint density at radius 2 is 1.71 bits per heavy atom. The van der Waals surface area contributed by atoms with E-state index in [2.05, 4.69) is 4.98 Å². The molecule has 0 radical (unpaired) electrons. The molecule has 1 aromatic heterocycles. The second kappa shape index (κ2) is 8.35. The van der Waals surface area contributed by atoms with Crippen LogP contribution in [0, 0.1) is 5.82 Å². The zero-order chi connectivity index (χ0) is 22.0. The Hall–Kier alpha value is -3.45. The Kier molecular flexibility index (Phi) is 5.61. The minimum Gasteiger partial charge on any atom is -0.497 e. The van der Waals surface area contributed by atoms with Crippen molar-refractivity contribution in [1.82, 2.24) is 4.98 Å². The first-order chi connectivity index (χ1) is 14.8. The van der Waals surface area contributed by atoms with E-state index in [0.29, 0.717) is 35.1 Å². The van der Waals surface area contributed by atoms with E-state index in [-0.39, 0.29) is 10.5 Å². The molecule has 0 spiro atoms. The minimum absolute atomic E-state index is 0.192. The topological polar surface area (TPSA) is 69.4 Å². The standard InChI is InChI=1S/C24H20FNO4S/c1-29-18-10-13-20(21(25)15-18)23-24(17-8-11-19(12-9-17)31(2,27)28)30-22(26-23)14-16-6-4-3-5-7-16/h3-13,15H,14H2,1-2H3. The van der Waals surface area contributed by atoms with Crippen molar-refractivity contribution >= 4 is 9.84 Å². The van der Waals surface area contributed by atoms with E-state index >= 15 is 0 Å². The molecule has 158 valence electrons. The molecule has 0 aliphatic heterocycles. The van der Waals surface area contributed by atoms with E-state index in [9.17, 15) is 12.8 Å². The van der Waals surface area contributed by atoms with Crippen LogP contribution in [0.3, 0.4) is 0 Å². The molecule has 0 saturated carbocycles. The van der Waals surface area contributed by atoms with Crippen LogP contribution in [0.2, 0.25) is 0 Å². The number of hydrogen-bond donors (Lipinski definition) is 0. The average molecular weight is 437 g/mol. The van der Waals surface area contributed by atoms with Crippen molar-refractivity contribution in [3.05, 3.63) is 90.1 Å². The highest BCUT2D eigenvalue weighted by Gasteiger charge is 2.21. The Bertz CT molecular complexity index is 1310. The summed E-state index contributed by atoms with van der Waals surface area (Å²) in [6, 6.07) is 20.5. The first kappa shape index (κ1) is 20.8. The van der Waals surface area contributed by atoms with Crippen LogP contribution in [-0.4, -0.2) is 26.8 Å². The van der Waals surface area contributed by atoms with Crippen LogP contribution in [0.5, 0.6) is 5.75 Å². The van der Waals surface area contributed by atoms with Crippen molar-refractivity contribution < 1.29 is 22.0 Å². The fraction of sp³-hybridized carbons (Fsp3) is 0.125. The van der Waals surface area contributed by atoms with Gasteiger partial charge in [-0.2, -0.15) is 0 Å². The van der Waals surface area contributed by atoms with E-state index in [1.165, 1.54) is 25.3 Å². The van der Waals surface area contributed by atoms with Gasteiger partial charge in [-0.1, -0.05) is 30.3 Å². The van der Waals surface area contributed by atoms with Gasteiger partial charge < -0.3 is 9.15 Å². The molecule has 0 aliphatic rings. The Balaban J connectivity index is 1.82. The summed E-state index contributed by atoms with van der Waals surface area (Å²) < 4.78 is 49.5. The molecule has 1 heterocycles. The smallest absolute Gasteiger partial charge is 0.199 e. The molecule has 0 unspecified atom stereocenters. The zero-order valence-electron chi connectivity index (χ0n) is 17.0. The Morgan fingerprint density at radius 3 is 2.32 bits per heavy atom. The normalized spacial score (nSPS) is 11.5. The largest absolute Gasteiger partial charge is 0.497 e. The van der Waals surface area contributed by atoms with Crippen molar-refractivity contribution in [2.45, 2.75) is 11.3 Å². The summed E-state index contributed by atoms with van der Waals surface area (Å²) in [5.41, 5.74) is 2.22. The third-order valence-corrected chi connectivity index (χ3v) is 5.97. The van der Waals surface area contributed by atoms with Crippen LogP contribution in [0.25, 0.3) is 22.6 Å². The second-order valence-corrected chi connectivity index (χ2v) is 9.11. The molecule has 0 saturated heterocycles. The predicted molar refractivity (Wildman–Crippen MR) is 116 cm³/mol. The molecule has 0 amide bonds. The van der Waals surface area contributed by atoms with Gasteiger partial charge >= 0.3 is 0 Å². The number of aromatic nitrogens is 1. The number of nitrogens with zero attached hydrogens (tertiary/aromatic N) is 1. The highest BCUT2D eigenvalue weighted by molar-refractivity contribution is 7.90. The van der Waals surface area contributed by atoms with Crippen LogP contribution in [0.1, 0.15) is 11.5 Å². The van der Waals surface area contributed by atoms with Crippen molar-refractivity contribution in [2.24, 2.45) is 0 Å². The van der Waals surface area contributed by atoms with Gasteiger partial charge in [0.25, 0.3) is 0 Å². The monoisotopic (exact) mass is 437 g/mol. The number of ether oxygens (including phenoxy) is 1. The van der Waals surface area contributed by atoms with Gasteiger partial charge in [0, 0.05) is 29.9 Å². The highest BCUT2D eigenvalue weighted by Crippen LogP contribution is 2.36. The first-order valence-electron chi connectivity index (χ1n) is 9.53. The molecule has 4 aromatic rings. The molecule has 0 fully saturated rings. The fourth-order valence-electron chi connectivity index (χ4n) is 3.26. The van der Waals surface area contributed by atoms with Crippen LogP contribution in [-0.2, 0) is 16.3 Å². The maximum Gasteiger partial charge on any atom is 0.199 e. The van der Waals surface area contributed by atoms with Gasteiger partial charge in [0.1, 0.15) is 17.3 Å². The summed E-state index contributed by atoms with van der Waals surface area (Å²) in [4.78, 5) is 4.77. The van der Waals surface area contributed by atoms with Gasteiger partial charge in [-0.15, -0.1) is 0 Å². The average Bonchev–Trinajstić information content (AvgIpc) is 3.17. The predicted octanol–water partition coefficient (Wildman–Crippen LogP) is 5.15. The summed E-state index contributed by atoms with van der Waals surface area (Å²) >= 11 is 0. The van der Waals surface area contributed by atoms with Gasteiger partial charge in [0.2, 0.25) is 0 Å². The second-order valence-electron chi connectivity index (χ2n) is 7.09. The van der Waals surface area contributed by atoms with E-state index in [1.807, 2.05) is 30.3 Å². The van der Waals surface area contributed by atoms with Crippen molar-refractivity contribution in [3.63, 3.8) is 0 Å². The summed E-state index contributed by atoms with van der Waals surface area (Å²) in [6.45, 7) is 0. The van der Waals surface area contributed by atoms with Gasteiger partial charge in [0.15, 0.2) is 21.5 Å². The number of sulfone groups is 1. The van der Waals surface area contributed by atoms with Crippen molar-refractivity contribution in [2.75, 3.05) is 13.4 Å². The van der Waals surface area contributed by atoms with Gasteiger partial charge in [-0.25, -0.2) is 17.8 Å². The molecule has 31 heavy (non-hydrogen) atoms. The lowest BCUT2D eigenvalue weighted by Gasteiger charge is -2.06. The Morgan fingerprint density at radius 1 is 1.00 bits per heavy atom. The van der Waals surface area contributed by atoms with E-state index in [1.54, 1.807) is 24.3 Å². The molecular formula is C24H20FNO4S. The third kappa shape index (κ3) is 4.51. The number of halogens is 1. The lowest BCUT2D eigenvalue weighted by atomic mass is 10.1. The molecule has 0 N–H and O–H groups in total. The molecule has 4 rings (SSSR count). The Labute approximate surface area is 180 Å². The molecule has 3 aromatic carbocycles. The molecular weight excluding hydrogens is 417 g/mol. The number of rotatable bonds is 6. The van der Waals surface area contributed by atoms with Gasteiger partial charge in [0.05, 0.1) is 12.0 Å². The molecule has 0 atom stereocenters. The van der Waals surface area contributed by atoms with E-state index < -0.39 is 15.7 Å².